The maximum Gasteiger partial charge on any atom is 0.229 e. The second-order valence-electron chi connectivity index (χ2n) is 8.77. The average molecular weight is 532 g/mol. The Balaban J connectivity index is 1.52. The standard InChI is InChI=1S/C26H33N3O5S2/c1-3-34-22-6-4-7-23-25(22)27-26(35-23)29(14-5-13-28-15-17-33-18-16-28)24(30)12-19-36(31,32)21-10-8-20(2)9-11-21/h4,6-11H,3,5,12-19H2,1-2H3. The molecule has 10 heteroatoms. The Kier molecular flexibility index (Phi) is 8.95. The fourth-order valence-corrected chi connectivity index (χ4v) is 6.38. The van der Waals surface area contributed by atoms with Gasteiger partial charge in [0.25, 0.3) is 0 Å². The van der Waals surface area contributed by atoms with Gasteiger partial charge in [-0.2, -0.15) is 0 Å². The molecule has 0 N–H and O–H groups in total. The number of rotatable bonds is 11. The molecule has 2 aromatic carbocycles. The number of carbonyl (C=O) groups is 1. The highest BCUT2D eigenvalue weighted by atomic mass is 32.2. The van der Waals surface area contributed by atoms with Crippen molar-refractivity contribution in [2.75, 3.05) is 56.7 Å². The SMILES string of the molecule is CCOc1cccc2sc(N(CCCN3CCOCC3)C(=O)CCS(=O)(=O)c3ccc(C)cc3)nc12. The van der Waals surface area contributed by atoms with Crippen molar-refractivity contribution in [1.82, 2.24) is 9.88 Å². The van der Waals surface area contributed by atoms with Gasteiger partial charge in [0.15, 0.2) is 15.0 Å². The Bertz CT molecular complexity index is 1270. The summed E-state index contributed by atoms with van der Waals surface area (Å²) >= 11 is 1.42. The van der Waals surface area contributed by atoms with Crippen LogP contribution in [0.5, 0.6) is 5.75 Å². The van der Waals surface area contributed by atoms with Crippen LogP contribution >= 0.6 is 11.3 Å². The Morgan fingerprint density at radius 3 is 2.64 bits per heavy atom. The molecule has 194 valence electrons. The molecule has 0 saturated carbocycles. The molecular weight excluding hydrogens is 498 g/mol. The zero-order valence-electron chi connectivity index (χ0n) is 20.8. The third kappa shape index (κ3) is 6.61. The first-order valence-electron chi connectivity index (χ1n) is 12.3. The van der Waals surface area contributed by atoms with E-state index in [1.165, 1.54) is 11.3 Å². The Morgan fingerprint density at radius 2 is 1.92 bits per heavy atom. The molecule has 1 amide bonds. The quantitative estimate of drug-likeness (QED) is 0.370. The number of benzene rings is 2. The molecule has 0 aliphatic carbocycles. The molecular formula is C26H33N3O5S2. The number of ether oxygens (including phenoxy) is 2. The van der Waals surface area contributed by atoms with Gasteiger partial charge in [0, 0.05) is 32.6 Å². The summed E-state index contributed by atoms with van der Waals surface area (Å²) in [5.74, 6) is 0.189. The zero-order valence-corrected chi connectivity index (χ0v) is 22.4. The van der Waals surface area contributed by atoms with Gasteiger partial charge in [-0.15, -0.1) is 0 Å². The van der Waals surface area contributed by atoms with Crippen LogP contribution in [0.4, 0.5) is 5.13 Å². The second-order valence-corrected chi connectivity index (χ2v) is 11.9. The van der Waals surface area contributed by atoms with E-state index >= 15 is 0 Å². The van der Waals surface area contributed by atoms with Crippen LogP contribution < -0.4 is 9.64 Å². The van der Waals surface area contributed by atoms with Gasteiger partial charge in [0.2, 0.25) is 5.91 Å². The van der Waals surface area contributed by atoms with E-state index in [1.807, 2.05) is 32.0 Å². The van der Waals surface area contributed by atoms with Crippen molar-refractivity contribution in [3.05, 3.63) is 48.0 Å². The molecule has 1 aliphatic rings. The van der Waals surface area contributed by atoms with Crippen LogP contribution in [0.3, 0.4) is 0 Å². The van der Waals surface area contributed by atoms with E-state index in [-0.39, 0.29) is 23.0 Å². The molecule has 0 radical (unpaired) electrons. The highest BCUT2D eigenvalue weighted by Crippen LogP contribution is 2.34. The lowest BCUT2D eigenvalue weighted by molar-refractivity contribution is -0.118. The fraction of sp³-hybridized carbons (Fsp3) is 0.462. The molecule has 1 fully saturated rings. The molecule has 1 aromatic heterocycles. The molecule has 8 nitrogen and oxygen atoms in total. The number of aryl methyl sites for hydroxylation is 1. The zero-order chi connectivity index (χ0) is 25.5. The number of anilines is 1. The van der Waals surface area contributed by atoms with Gasteiger partial charge in [-0.1, -0.05) is 35.1 Å². The Labute approximate surface area is 216 Å². The number of fused-ring (bicyclic) bond motifs is 1. The predicted octanol–water partition coefficient (Wildman–Crippen LogP) is 3.92. The van der Waals surface area contributed by atoms with Crippen LogP contribution in [-0.4, -0.2) is 76.0 Å². The summed E-state index contributed by atoms with van der Waals surface area (Å²) in [7, 11) is -3.57. The van der Waals surface area contributed by atoms with Gasteiger partial charge >= 0.3 is 0 Å². The van der Waals surface area contributed by atoms with Crippen molar-refractivity contribution in [2.45, 2.75) is 31.6 Å². The van der Waals surface area contributed by atoms with E-state index in [0.29, 0.717) is 24.0 Å². The minimum absolute atomic E-state index is 0.109. The van der Waals surface area contributed by atoms with Crippen LogP contribution in [0.25, 0.3) is 10.2 Å². The van der Waals surface area contributed by atoms with E-state index in [0.717, 1.165) is 55.0 Å². The summed E-state index contributed by atoms with van der Waals surface area (Å²) in [5.41, 5.74) is 1.70. The van der Waals surface area contributed by atoms with Crippen molar-refractivity contribution in [3.8, 4) is 5.75 Å². The van der Waals surface area contributed by atoms with Crippen molar-refractivity contribution in [1.29, 1.82) is 0 Å². The topological polar surface area (TPSA) is 89.0 Å². The number of hydrogen-bond acceptors (Lipinski definition) is 8. The number of sulfone groups is 1. The maximum atomic E-state index is 13.4. The number of hydrogen-bond donors (Lipinski definition) is 0. The normalized spacial score (nSPS) is 14.7. The summed E-state index contributed by atoms with van der Waals surface area (Å²) in [6.45, 7) is 8.84. The Hall–Kier alpha value is -2.53. The first-order chi connectivity index (χ1) is 17.4. The molecule has 1 aliphatic heterocycles. The molecule has 0 spiro atoms. The lowest BCUT2D eigenvalue weighted by Crippen LogP contribution is -2.39. The second kappa shape index (κ2) is 12.1. The number of carbonyl (C=O) groups excluding carboxylic acids is 1. The summed E-state index contributed by atoms with van der Waals surface area (Å²) < 4.78 is 37.8. The molecule has 1 saturated heterocycles. The molecule has 36 heavy (non-hydrogen) atoms. The highest BCUT2D eigenvalue weighted by Gasteiger charge is 2.24. The smallest absolute Gasteiger partial charge is 0.229 e. The minimum Gasteiger partial charge on any atom is -0.492 e. The van der Waals surface area contributed by atoms with E-state index in [4.69, 9.17) is 14.5 Å². The van der Waals surface area contributed by atoms with Crippen molar-refractivity contribution < 1.29 is 22.7 Å². The summed E-state index contributed by atoms with van der Waals surface area (Å²) in [4.78, 5) is 22.4. The monoisotopic (exact) mass is 531 g/mol. The van der Waals surface area contributed by atoms with Gasteiger partial charge < -0.3 is 9.47 Å². The van der Waals surface area contributed by atoms with Crippen LogP contribution in [0.1, 0.15) is 25.3 Å². The molecule has 0 unspecified atom stereocenters. The number of nitrogens with zero attached hydrogens (tertiary/aromatic N) is 3. The third-order valence-corrected chi connectivity index (χ3v) is 8.90. The first-order valence-corrected chi connectivity index (χ1v) is 14.8. The summed E-state index contributed by atoms with van der Waals surface area (Å²) in [6.07, 6.45) is 0.646. The van der Waals surface area contributed by atoms with Gasteiger partial charge in [0.05, 0.1) is 35.2 Å². The van der Waals surface area contributed by atoms with Crippen molar-refractivity contribution in [3.63, 3.8) is 0 Å². The van der Waals surface area contributed by atoms with Crippen LogP contribution in [0, 0.1) is 6.92 Å². The molecule has 0 bridgehead atoms. The van der Waals surface area contributed by atoms with Crippen LogP contribution in [0.15, 0.2) is 47.4 Å². The number of para-hydroxylation sites is 1. The van der Waals surface area contributed by atoms with Crippen molar-refractivity contribution >= 4 is 42.4 Å². The van der Waals surface area contributed by atoms with Gasteiger partial charge in [-0.3, -0.25) is 14.6 Å². The molecule has 3 aromatic rings. The third-order valence-electron chi connectivity index (χ3n) is 6.13. The maximum absolute atomic E-state index is 13.4. The Morgan fingerprint density at radius 1 is 1.17 bits per heavy atom. The number of aromatic nitrogens is 1. The largest absolute Gasteiger partial charge is 0.492 e. The highest BCUT2D eigenvalue weighted by molar-refractivity contribution is 7.91. The molecule has 0 atom stereocenters. The summed E-state index contributed by atoms with van der Waals surface area (Å²) in [6, 6.07) is 12.5. The average Bonchev–Trinajstić information content (AvgIpc) is 3.31. The van der Waals surface area contributed by atoms with E-state index in [1.54, 1.807) is 29.2 Å². The van der Waals surface area contributed by atoms with Gasteiger partial charge in [-0.05, 0) is 44.5 Å². The number of amides is 1. The predicted molar refractivity (Wildman–Crippen MR) is 143 cm³/mol. The van der Waals surface area contributed by atoms with Crippen LogP contribution in [-0.2, 0) is 19.4 Å². The first kappa shape index (κ1) is 26.5. The van der Waals surface area contributed by atoms with E-state index in [2.05, 4.69) is 4.90 Å². The van der Waals surface area contributed by atoms with Crippen LogP contribution in [0.2, 0.25) is 0 Å². The van der Waals surface area contributed by atoms with Gasteiger partial charge in [0.1, 0.15) is 11.3 Å². The molecule has 2 heterocycles. The van der Waals surface area contributed by atoms with E-state index < -0.39 is 9.84 Å². The molecule has 4 rings (SSSR count). The lowest BCUT2D eigenvalue weighted by Gasteiger charge is -2.27. The number of thiazole rings is 1. The lowest BCUT2D eigenvalue weighted by atomic mass is 10.2. The van der Waals surface area contributed by atoms with E-state index in [9.17, 15) is 13.2 Å². The number of morpholine rings is 1. The summed E-state index contributed by atoms with van der Waals surface area (Å²) in [5, 5.41) is 0.567. The van der Waals surface area contributed by atoms with Crippen molar-refractivity contribution in [2.24, 2.45) is 0 Å². The minimum atomic E-state index is -3.57. The van der Waals surface area contributed by atoms with Gasteiger partial charge in [-0.25, -0.2) is 13.4 Å². The fourth-order valence-electron chi connectivity index (χ4n) is 4.12.